The first-order valence-corrected chi connectivity index (χ1v) is 8.69. The molecule has 0 N–H and O–H groups in total. The topological polar surface area (TPSA) is 37.7 Å². The van der Waals surface area contributed by atoms with Crippen molar-refractivity contribution in [2.45, 2.75) is 6.42 Å². The van der Waals surface area contributed by atoms with Crippen LogP contribution in [0.4, 0.5) is 0 Å². The van der Waals surface area contributed by atoms with Gasteiger partial charge in [0.05, 0.1) is 0 Å². The maximum Gasteiger partial charge on any atom is 0.118 e. The molecule has 0 saturated heterocycles. The van der Waals surface area contributed by atoms with Gasteiger partial charge in [-0.25, -0.2) is 4.98 Å². The molecule has 0 atom stereocenters. The molecule has 3 rings (SSSR count). The van der Waals surface area contributed by atoms with Gasteiger partial charge in [-0.1, -0.05) is 35.0 Å². The Morgan fingerprint density at radius 1 is 1.39 bits per heavy atom. The number of hydrogen-bond acceptors (Lipinski definition) is 5. The summed E-state index contributed by atoms with van der Waals surface area (Å²) >= 11 is 7.65. The number of hydrogen-bond donors (Lipinski definition) is 0. The average molecular weight is 348 g/mol. The monoisotopic (exact) mass is 347 g/mol. The molecule has 120 valence electrons. The molecule has 0 fully saturated rings. The van der Waals surface area contributed by atoms with Crippen molar-refractivity contribution >= 4 is 34.2 Å². The van der Waals surface area contributed by atoms with Gasteiger partial charge < -0.3 is 4.84 Å². The lowest BCUT2D eigenvalue weighted by molar-refractivity contribution is 0.210. The molecular weight excluding hydrogens is 330 g/mol. The fraction of sp³-hybridized carbons (Fsp3) is 0.294. The molecule has 0 aliphatic carbocycles. The van der Waals surface area contributed by atoms with E-state index in [1.165, 1.54) is 5.57 Å². The number of aromatic nitrogens is 1. The van der Waals surface area contributed by atoms with Gasteiger partial charge >= 0.3 is 0 Å². The van der Waals surface area contributed by atoms with Crippen molar-refractivity contribution in [2.75, 3.05) is 26.7 Å². The van der Waals surface area contributed by atoms with Gasteiger partial charge in [-0.05, 0) is 24.1 Å². The summed E-state index contributed by atoms with van der Waals surface area (Å²) in [6.07, 6.45) is 5.13. The van der Waals surface area contributed by atoms with Crippen LogP contribution in [-0.2, 0) is 4.84 Å². The van der Waals surface area contributed by atoms with Gasteiger partial charge in [0.1, 0.15) is 17.8 Å². The Morgan fingerprint density at radius 2 is 2.22 bits per heavy atom. The van der Waals surface area contributed by atoms with Crippen LogP contribution in [0.2, 0.25) is 5.02 Å². The summed E-state index contributed by atoms with van der Waals surface area (Å²) in [6, 6.07) is 7.69. The number of oxime groups is 1. The molecule has 0 radical (unpaired) electrons. The second-order valence-electron chi connectivity index (χ2n) is 5.28. The third kappa shape index (κ3) is 4.19. The number of nitrogens with zero attached hydrogens (tertiary/aromatic N) is 3. The van der Waals surface area contributed by atoms with Crippen LogP contribution in [0, 0.1) is 0 Å². The van der Waals surface area contributed by atoms with Gasteiger partial charge in [-0.15, -0.1) is 11.3 Å². The van der Waals surface area contributed by atoms with E-state index in [1.807, 2.05) is 35.8 Å². The average Bonchev–Trinajstić information content (AvgIpc) is 3.10. The number of rotatable bonds is 5. The summed E-state index contributed by atoms with van der Waals surface area (Å²) in [5.41, 5.74) is 3.29. The quantitative estimate of drug-likeness (QED) is 0.607. The zero-order chi connectivity index (χ0) is 16.1. The molecule has 1 aliphatic rings. The molecule has 4 nitrogen and oxygen atoms in total. The molecule has 2 aromatic rings. The summed E-state index contributed by atoms with van der Waals surface area (Å²) in [6.45, 7) is 2.63. The lowest BCUT2D eigenvalue weighted by Crippen LogP contribution is -2.34. The summed E-state index contributed by atoms with van der Waals surface area (Å²) < 4.78 is 0. The Kier molecular flexibility index (Phi) is 5.43. The summed E-state index contributed by atoms with van der Waals surface area (Å²) in [4.78, 5) is 11.8. The van der Waals surface area contributed by atoms with Crippen LogP contribution in [0.25, 0.3) is 5.57 Å². The smallest absolute Gasteiger partial charge is 0.118 e. The van der Waals surface area contributed by atoms with E-state index >= 15 is 0 Å². The minimum atomic E-state index is 0.722. The fourth-order valence-corrected chi connectivity index (χ4v) is 3.40. The van der Waals surface area contributed by atoms with Gasteiger partial charge in [0.15, 0.2) is 0 Å². The Labute approximate surface area is 145 Å². The van der Waals surface area contributed by atoms with E-state index in [2.05, 4.69) is 21.1 Å². The first kappa shape index (κ1) is 16.2. The molecule has 0 spiro atoms. The number of thiazole rings is 1. The molecule has 0 unspecified atom stereocenters. The van der Waals surface area contributed by atoms with E-state index in [4.69, 9.17) is 16.4 Å². The van der Waals surface area contributed by atoms with E-state index in [9.17, 15) is 0 Å². The van der Waals surface area contributed by atoms with Crippen molar-refractivity contribution < 1.29 is 4.84 Å². The van der Waals surface area contributed by atoms with E-state index < -0.39 is 0 Å². The van der Waals surface area contributed by atoms with Crippen LogP contribution in [0.1, 0.15) is 17.0 Å². The molecule has 2 heterocycles. The van der Waals surface area contributed by atoms with Gasteiger partial charge in [0, 0.05) is 41.8 Å². The minimum Gasteiger partial charge on any atom is -0.399 e. The van der Waals surface area contributed by atoms with Crippen LogP contribution in [0.15, 0.2) is 47.1 Å². The predicted molar refractivity (Wildman–Crippen MR) is 96.1 cm³/mol. The fourth-order valence-electron chi connectivity index (χ4n) is 2.57. The first-order chi connectivity index (χ1) is 11.3. The van der Waals surface area contributed by atoms with Crippen LogP contribution in [0.3, 0.4) is 0 Å². The van der Waals surface area contributed by atoms with Gasteiger partial charge in [-0.3, -0.25) is 4.90 Å². The Morgan fingerprint density at radius 3 is 2.83 bits per heavy atom. The molecule has 1 aromatic carbocycles. The predicted octanol–water partition coefficient (Wildman–Crippen LogP) is 3.94. The Balaban J connectivity index is 1.68. The van der Waals surface area contributed by atoms with Gasteiger partial charge in [-0.2, -0.15) is 0 Å². The molecule has 23 heavy (non-hydrogen) atoms. The third-order valence-electron chi connectivity index (χ3n) is 3.75. The lowest BCUT2D eigenvalue weighted by atomic mass is 10.1. The van der Waals surface area contributed by atoms with E-state index in [0.29, 0.717) is 0 Å². The molecule has 0 saturated carbocycles. The Bertz CT molecular complexity index is 695. The SMILES string of the molecule is CON=C(CN1CC=C(c2nccs2)CC1)c1ccc(Cl)cc1. The van der Waals surface area contributed by atoms with Crippen LogP contribution in [-0.4, -0.2) is 42.3 Å². The highest BCUT2D eigenvalue weighted by Crippen LogP contribution is 2.24. The number of benzene rings is 1. The largest absolute Gasteiger partial charge is 0.399 e. The highest BCUT2D eigenvalue weighted by Gasteiger charge is 2.17. The number of halogens is 1. The van der Waals surface area contributed by atoms with E-state index in [-0.39, 0.29) is 0 Å². The Hall–Kier alpha value is -1.69. The summed E-state index contributed by atoms with van der Waals surface area (Å²) in [7, 11) is 1.58. The molecule has 1 aliphatic heterocycles. The summed E-state index contributed by atoms with van der Waals surface area (Å²) in [5.74, 6) is 0. The standard InChI is InChI=1S/C17H18ClN3OS/c1-22-20-16(13-2-4-15(18)5-3-13)12-21-9-6-14(7-10-21)17-19-8-11-23-17/h2-6,8,11H,7,9-10,12H2,1H3. The normalized spacial score (nSPS) is 16.3. The highest BCUT2D eigenvalue weighted by molar-refractivity contribution is 7.10. The van der Waals surface area contributed by atoms with Crippen molar-refractivity contribution in [1.29, 1.82) is 0 Å². The second kappa shape index (κ2) is 7.73. The highest BCUT2D eigenvalue weighted by atomic mass is 35.5. The van der Waals surface area contributed by atoms with Crippen LogP contribution < -0.4 is 0 Å². The maximum atomic E-state index is 5.96. The van der Waals surface area contributed by atoms with E-state index in [0.717, 1.165) is 47.4 Å². The van der Waals surface area contributed by atoms with Crippen LogP contribution >= 0.6 is 22.9 Å². The molecule has 0 bridgehead atoms. The van der Waals surface area contributed by atoms with Gasteiger partial charge in [0.25, 0.3) is 0 Å². The second-order valence-corrected chi connectivity index (χ2v) is 6.61. The van der Waals surface area contributed by atoms with Crippen LogP contribution in [0.5, 0.6) is 0 Å². The van der Waals surface area contributed by atoms with Gasteiger partial charge in [0.2, 0.25) is 0 Å². The zero-order valence-electron chi connectivity index (χ0n) is 12.9. The maximum absolute atomic E-state index is 5.96. The van der Waals surface area contributed by atoms with Crippen molar-refractivity contribution in [3.63, 3.8) is 0 Å². The minimum absolute atomic E-state index is 0.722. The van der Waals surface area contributed by atoms with Crippen molar-refractivity contribution in [2.24, 2.45) is 5.16 Å². The van der Waals surface area contributed by atoms with Crippen molar-refractivity contribution in [1.82, 2.24) is 9.88 Å². The molecule has 1 aromatic heterocycles. The first-order valence-electron chi connectivity index (χ1n) is 7.43. The summed E-state index contributed by atoms with van der Waals surface area (Å²) in [5, 5.41) is 8.06. The molecular formula is C17H18ClN3OS. The van der Waals surface area contributed by atoms with E-state index in [1.54, 1.807) is 18.4 Å². The van der Waals surface area contributed by atoms with Crippen molar-refractivity contribution in [3.05, 3.63) is 57.5 Å². The van der Waals surface area contributed by atoms with Crippen molar-refractivity contribution in [3.8, 4) is 0 Å². The molecule has 6 heteroatoms. The molecule has 0 amide bonds. The lowest BCUT2D eigenvalue weighted by Gasteiger charge is -2.26. The third-order valence-corrected chi connectivity index (χ3v) is 4.85. The zero-order valence-corrected chi connectivity index (χ0v) is 14.5.